The highest BCUT2D eigenvalue weighted by Gasteiger charge is 2.29. The summed E-state index contributed by atoms with van der Waals surface area (Å²) in [4.78, 5) is 25.4. The third-order valence-corrected chi connectivity index (χ3v) is 5.87. The molecule has 0 aliphatic heterocycles. The number of ether oxygens (including phenoxy) is 1. The van der Waals surface area contributed by atoms with E-state index in [1.54, 1.807) is 19.1 Å². The van der Waals surface area contributed by atoms with Crippen LogP contribution in [0.15, 0.2) is 76.2 Å². The molecule has 0 saturated carbocycles. The zero-order valence-corrected chi connectivity index (χ0v) is 18.4. The molecule has 0 saturated heterocycles. The maximum absolute atomic E-state index is 13.9. The lowest BCUT2D eigenvalue weighted by molar-refractivity contribution is 0.0700. The summed E-state index contributed by atoms with van der Waals surface area (Å²) in [7, 11) is 0. The Morgan fingerprint density at radius 2 is 1.76 bits per heavy atom. The number of fused-ring (bicyclic) bond motifs is 2. The topological polar surface area (TPSA) is 80.9 Å². The molecule has 1 amide bonds. The molecule has 170 valence electrons. The Morgan fingerprint density at radius 1 is 1.00 bits per heavy atom. The van der Waals surface area contributed by atoms with E-state index in [1.165, 1.54) is 18.2 Å². The van der Waals surface area contributed by atoms with E-state index in [9.17, 15) is 14.0 Å². The lowest BCUT2D eigenvalue weighted by atomic mass is 9.93. The van der Waals surface area contributed by atoms with Crippen LogP contribution < -0.4 is 10.2 Å². The summed E-state index contributed by atoms with van der Waals surface area (Å²) in [5.41, 5.74) is 4.20. The first-order valence-corrected chi connectivity index (χ1v) is 11.0. The van der Waals surface area contributed by atoms with Crippen molar-refractivity contribution in [3.05, 3.63) is 101 Å². The number of benzene rings is 3. The number of esters is 1. The fourth-order valence-corrected chi connectivity index (χ4v) is 4.23. The number of hydrazone groups is 1. The number of rotatable bonds is 4. The zero-order chi connectivity index (χ0) is 23.7. The fourth-order valence-electron chi connectivity index (χ4n) is 4.23. The van der Waals surface area contributed by atoms with Crippen LogP contribution in [0.2, 0.25) is 0 Å². The highest BCUT2D eigenvalue weighted by Crippen LogP contribution is 2.32. The third kappa shape index (κ3) is 3.96. The van der Waals surface area contributed by atoms with Crippen molar-refractivity contribution in [3.63, 3.8) is 0 Å². The van der Waals surface area contributed by atoms with Crippen LogP contribution in [0.1, 0.15) is 50.6 Å². The number of furan rings is 1. The van der Waals surface area contributed by atoms with Crippen molar-refractivity contribution in [2.24, 2.45) is 5.10 Å². The van der Waals surface area contributed by atoms with Crippen molar-refractivity contribution < 1.29 is 23.1 Å². The monoisotopic (exact) mass is 456 g/mol. The third-order valence-electron chi connectivity index (χ3n) is 5.87. The van der Waals surface area contributed by atoms with Gasteiger partial charge in [0.25, 0.3) is 5.91 Å². The van der Waals surface area contributed by atoms with Gasteiger partial charge in [0.15, 0.2) is 0 Å². The van der Waals surface area contributed by atoms with Gasteiger partial charge in [0.2, 0.25) is 5.76 Å². The van der Waals surface area contributed by atoms with Crippen LogP contribution in [-0.2, 0) is 6.42 Å². The summed E-state index contributed by atoms with van der Waals surface area (Å²) in [6, 6.07) is 18.9. The molecule has 1 heterocycles. The molecular weight excluding hydrogens is 435 g/mol. The number of amides is 1. The molecule has 34 heavy (non-hydrogen) atoms. The van der Waals surface area contributed by atoms with E-state index < -0.39 is 17.7 Å². The molecule has 0 radical (unpaired) electrons. The zero-order valence-electron chi connectivity index (χ0n) is 18.4. The molecule has 1 aliphatic rings. The molecule has 5 rings (SSSR count). The van der Waals surface area contributed by atoms with E-state index in [4.69, 9.17) is 9.15 Å². The Bertz CT molecular complexity index is 1450. The van der Waals surface area contributed by atoms with E-state index in [2.05, 4.69) is 10.5 Å². The van der Waals surface area contributed by atoms with Gasteiger partial charge < -0.3 is 9.15 Å². The maximum atomic E-state index is 13.9. The summed E-state index contributed by atoms with van der Waals surface area (Å²) >= 11 is 0. The number of halogens is 1. The van der Waals surface area contributed by atoms with Gasteiger partial charge in [-0.25, -0.2) is 14.6 Å². The molecular formula is C27H21FN2O4. The van der Waals surface area contributed by atoms with Crippen LogP contribution >= 0.6 is 0 Å². The highest BCUT2D eigenvalue weighted by atomic mass is 19.1. The molecule has 1 aliphatic carbocycles. The van der Waals surface area contributed by atoms with Gasteiger partial charge in [0.05, 0.1) is 11.3 Å². The average Bonchev–Trinajstić information content (AvgIpc) is 3.20. The van der Waals surface area contributed by atoms with Crippen molar-refractivity contribution in [3.8, 4) is 5.75 Å². The van der Waals surface area contributed by atoms with Gasteiger partial charge in [-0.15, -0.1) is 0 Å². The molecule has 1 aromatic heterocycles. The summed E-state index contributed by atoms with van der Waals surface area (Å²) in [6.45, 7) is 1.77. The van der Waals surface area contributed by atoms with Gasteiger partial charge in [-0.05, 0) is 43.4 Å². The minimum atomic E-state index is -0.644. The van der Waals surface area contributed by atoms with Gasteiger partial charge >= 0.3 is 5.97 Å². The molecule has 0 atom stereocenters. The van der Waals surface area contributed by atoms with Gasteiger partial charge in [-0.2, -0.15) is 5.10 Å². The molecule has 0 unspecified atom stereocenters. The summed E-state index contributed by atoms with van der Waals surface area (Å²) in [6.07, 6.45) is 1.97. The number of carbonyl (C=O) groups excluding carboxylic acids is 2. The van der Waals surface area contributed by atoms with Crippen molar-refractivity contribution in [2.45, 2.75) is 26.2 Å². The van der Waals surface area contributed by atoms with Crippen LogP contribution in [0.4, 0.5) is 4.39 Å². The number of hydrogen-bond donors (Lipinski definition) is 1. The van der Waals surface area contributed by atoms with Crippen LogP contribution in [0.5, 0.6) is 5.75 Å². The Kier molecular flexibility index (Phi) is 5.67. The second kappa shape index (κ2) is 8.94. The van der Waals surface area contributed by atoms with E-state index in [0.29, 0.717) is 41.2 Å². The molecule has 0 bridgehead atoms. The second-order valence-corrected chi connectivity index (χ2v) is 8.05. The summed E-state index contributed by atoms with van der Waals surface area (Å²) < 4.78 is 25.5. The van der Waals surface area contributed by atoms with Gasteiger partial charge in [-0.1, -0.05) is 48.5 Å². The van der Waals surface area contributed by atoms with Crippen LogP contribution in [-0.4, -0.2) is 17.6 Å². The summed E-state index contributed by atoms with van der Waals surface area (Å²) in [5.74, 6) is -0.696. The smallest absolute Gasteiger partial charge is 0.379 e. The normalized spacial score (nSPS) is 14.1. The lowest BCUT2D eigenvalue weighted by Gasteiger charge is -2.13. The average molecular weight is 456 g/mol. The molecule has 0 fully saturated rings. The highest BCUT2D eigenvalue weighted by molar-refractivity contribution is 6.07. The SMILES string of the molecule is Cc1c(C(=O)Oc2cccc3ccccc23)oc2c1/C(=N/NC(=O)c1ccccc1F)CCC2. The van der Waals surface area contributed by atoms with Crippen LogP contribution in [0.3, 0.4) is 0 Å². The van der Waals surface area contributed by atoms with Crippen molar-refractivity contribution in [2.75, 3.05) is 0 Å². The number of carbonyl (C=O) groups is 2. The molecule has 7 heteroatoms. The molecule has 3 aromatic carbocycles. The van der Waals surface area contributed by atoms with Crippen molar-refractivity contribution >= 4 is 28.4 Å². The summed E-state index contributed by atoms with van der Waals surface area (Å²) in [5, 5.41) is 6.02. The Labute approximate surface area is 195 Å². The Hall–Kier alpha value is -4.26. The second-order valence-electron chi connectivity index (χ2n) is 8.05. The largest absolute Gasteiger partial charge is 0.453 e. The molecule has 0 spiro atoms. The number of aryl methyl sites for hydroxylation is 1. The molecule has 6 nitrogen and oxygen atoms in total. The lowest BCUT2D eigenvalue weighted by Crippen LogP contribution is -2.23. The van der Waals surface area contributed by atoms with E-state index >= 15 is 0 Å². The number of nitrogens with zero attached hydrogens (tertiary/aromatic N) is 1. The quantitative estimate of drug-likeness (QED) is 0.247. The van der Waals surface area contributed by atoms with Gasteiger partial charge in [0.1, 0.15) is 17.3 Å². The van der Waals surface area contributed by atoms with E-state index in [1.807, 2.05) is 36.4 Å². The maximum Gasteiger partial charge on any atom is 0.379 e. The first kappa shape index (κ1) is 21.6. The van der Waals surface area contributed by atoms with Gasteiger partial charge in [0, 0.05) is 22.9 Å². The first-order valence-electron chi connectivity index (χ1n) is 11.0. The van der Waals surface area contributed by atoms with Crippen LogP contribution in [0, 0.1) is 12.7 Å². The van der Waals surface area contributed by atoms with Crippen LogP contribution in [0.25, 0.3) is 10.8 Å². The fraction of sp³-hybridized carbons (Fsp3) is 0.148. The van der Waals surface area contributed by atoms with Gasteiger partial charge in [-0.3, -0.25) is 4.79 Å². The predicted octanol–water partition coefficient (Wildman–Crippen LogP) is 5.57. The molecule has 4 aromatic rings. The van der Waals surface area contributed by atoms with Crippen molar-refractivity contribution in [1.82, 2.24) is 5.43 Å². The predicted molar refractivity (Wildman–Crippen MR) is 126 cm³/mol. The van der Waals surface area contributed by atoms with E-state index in [-0.39, 0.29) is 11.3 Å². The molecule has 1 N–H and O–H groups in total. The Morgan fingerprint density at radius 3 is 2.62 bits per heavy atom. The standard InChI is InChI=1S/C27H21FN2O4/c1-16-24-21(29-30-26(31)19-11-4-5-12-20(19)28)13-7-15-23(24)33-25(16)27(32)34-22-14-6-9-17-8-2-3-10-18(17)22/h2-6,8-12,14H,7,13,15H2,1H3,(H,30,31)/b29-21+. The minimum Gasteiger partial charge on any atom is -0.453 e. The number of hydrogen-bond acceptors (Lipinski definition) is 5. The Balaban J connectivity index is 1.42. The number of nitrogens with one attached hydrogen (secondary N) is 1. The van der Waals surface area contributed by atoms with E-state index in [0.717, 1.165) is 17.2 Å². The first-order chi connectivity index (χ1) is 16.5. The minimum absolute atomic E-state index is 0.0915. The van der Waals surface area contributed by atoms with Crippen molar-refractivity contribution in [1.29, 1.82) is 0 Å².